The lowest BCUT2D eigenvalue weighted by atomic mass is 10.1. The van der Waals surface area contributed by atoms with Gasteiger partial charge in [-0.05, 0) is 0 Å². The predicted octanol–water partition coefficient (Wildman–Crippen LogP) is 1.21. The Hall–Kier alpha value is -2.42. The summed E-state index contributed by atoms with van der Waals surface area (Å²) < 4.78 is 51.7. The lowest BCUT2D eigenvalue weighted by Gasteiger charge is -2.12. The second-order valence-corrected chi connectivity index (χ2v) is 4.56. The summed E-state index contributed by atoms with van der Waals surface area (Å²) in [6, 6.07) is 1.25. The number of alkyl halides is 3. The van der Waals surface area contributed by atoms with Gasteiger partial charge in [0.1, 0.15) is 11.6 Å². The Morgan fingerprint density at radius 1 is 1.38 bits per heavy atom. The largest absolute Gasteiger partial charge is 0.420 e. The van der Waals surface area contributed by atoms with Gasteiger partial charge < -0.3 is 4.98 Å². The Kier molecular flexibility index (Phi) is 3.94. The third-order valence-corrected chi connectivity index (χ3v) is 3.25. The third-order valence-electron chi connectivity index (χ3n) is 2.25. The van der Waals surface area contributed by atoms with Gasteiger partial charge in [0.2, 0.25) is 5.82 Å². The molecular formula is C9H4F4N6OS. The van der Waals surface area contributed by atoms with E-state index in [9.17, 15) is 22.4 Å². The Balaban J connectivity index is 2.49. The lowest BCUT2D eigenvalue weighted by molar-refractivity contribution is -0.140. The number of thioether (sulfide) groups is 1. The van der Waals surface area contributed by atoms with Gasteiger partial charge in [0.05, 0.1) is 16.3 Å². The number of tetrazole rings is 1. The van der Waals surface area contributed by atoms with Crippen molar-refractivity contribution in [2.45, 2.75) is 17.0 Å². The summed E-state index contributed by atoms with van der Waals surface area (Å²) in [6.07, 6.45) is -5.16. The molecule has 0 saturated carbocycles. The van der Waals surface area contributed by atoms with Gasteiger partial charge in [0.25, 0.3) is 5.56 Å². The van der Waals surface area contributed by atoms with Gasteiger partial charge in [-0.25, -0.2) is 4.39 Å². The minimum Gasteiger partial charge on any atom is -0.313 e. The molecule has 7 nitrogen and oxygen atoms in total. The van der Waals surface area contributed by atoms with Gasteiger partial charge in [-0.2, -0.15) is 23.6 Å². The van der Waals surface area contributed by atoms with Crippen molar-refractivity contribution in [2.24, 2.45) is 0 Å². The summed E-state index contributed by atoms with van der Waals surface area (Å²) in [5.74, 6) is -1.96. The van der Waals surface area contributed by atoms with Gasteiger partial charge in [-0.15, -0.1) is 10.2 Å². The van der Waals surface area contributed by atoms with E-state index in [0.717, 1.165) is 0 Å². The highest BCUT2D eigenvalue weighted by Gasteiger charge is 2.40. The Bertz CT molecular complexity index is 747. The van der Waals surface area contributed by atoms with Crippen LogP contribution in [0.25, 0.3) is 0 Å². The molecule has 0 bridgehead atoms. The second kappa shape index (κ2) is 5.52. The molecule has 2 heterocycles. The maximum absolute atomic E-state index is 13.4. The van der Waals surface area contributed by atoms with Crippen LogP contribution >= 0.6 is 11.8 Å². The molecule has 2 N–H and O–H groups in total. The molecule has 0 aliphatic rings. The molecule has 0 amide bonds. The summed E-state index contributed by atoms with van der Waals surface area (Å²) in [5, 5.41) is 20.9. The van der Waals surface area contributed by atoms with E-state index in [-0.39, 0.29) is 11.6 Å². The Morgan fingerprint density at radius 2 is 2.10 bits per heavy atom. The minimum absolute atomic E-state index is 0.0654. The molecule has 2 rings (SSSR count). The highest BCUT2D eigenvalue weighted by Crippen LogP contribution is 2.36. The van der Waals surface area contributed by atoms with E-state index >= 15 is 0 Å². The third kappa shape index (κ3) is 3.02. The number of pyridine rings is 1. The van der Waals surface area contributed by atoms with Crippen LogP contribution in [0.15, 0.2) is 9.82 Å². The van der Waals surface area contributed by atoms with Gasteiger partial charge in [0, 0.05) is 0 Å². The molecule has 21 heavy (non-hydrogen) atoms. The van der Waals surface area contributed by atoms with Gasteiger partial charge in [-0.3, -0.25) is 4.79 Å². The van der Waals surface area contributed by atoms with Gasteiger partial charge in [-0.1, -0.05) is 17.0 Å². The predicted molar refractivity (Wildman–Crippen MR) is 60.5 cm³/mol. The zero-order valence-corrected chi connectivity index (χ0v) is 10.6. The zero-order valence-electron chi connectivity index (χ0n) is 9.82. The molecule has 0 aliphatic carbocycles. The molecule has 0 aliphatic heterocycles. The Morgan fingerprint density at radius 3 is 2.62 bits per heavy atom. The normalized spacial score (nSPS) is 11.4. The minimum atomic E-state index is -5.16. The van der Waals surface area contributed by atoms with Crippen molar-refractivity contribution in [3.05, 3.63) is 33.1 Å². The molecule has 0 fully saturated rings. The number of nitriles is 1. The molecule has 110 valence electrons. The van der Waals surface area contributed by atoms with Crippen molar-refractivity contribution >= 4 is 11.8 Å². The van der Waals surface area contributed by atoms with E-state index in [0.29, 0.717) is 11.8 Å². The second-order valence-electron chi connectivity index (χ2n) is 3.57. The van der Waals surface area contributed by atoms with E-state index in [1.165, 1.54) is 6.07 Å². The van der Waals surface area contributed by atoms with Crippen LogP contribution in [0.2, 0.25) is 0 Å². The van der Waals surface area contributed by atoms with Crippen LogP contribution < -0.4 is 5.56 Å². The van der Waals surface area contributed by atoms with Crippen LogP contribution in [0.1, 0.15) is 17.0 Å². The highest BCUT2D eigenvalue weighted by atomic mass is 32.2. The maximum Gasteiger partial charge on any atom is 0.420 e. The molecule has 0 radical (unpaired) electrons. The van der Waals surface area contributed by atoms with Crippen LogP contribution in [0, 0.1) is 17.1 Å². The number of nitrogens with zero attached hydrogens (tertiary/aromatic N) is 4. The molecule has 2 aromatic rings. The lowest BCUT2D eigenvalue weighted by Crippen LogP contribution is -2.22. The molecule has 12 heteroatoms. The molecule has 0 unspecified atom stereocenters. The first kappa shape index (κ1) is 15.0. The van der Waals surface area contributed by atoms with Crippen LogP contribution in [0.5, 0.6) is 0 Å². The first-order valence-corrected chi connectivity index (χ1v) is 6.11. The summed E-state index contributed by atoms with van der Waals surface area (Å²) in [4.78, 5) is 13.1. The number of hydrogen-bond acceptors (Lipinski definition) is 6. The number of rotatable bonds is 3. The fraction of sp³-hybridized carbons (Fsp3) is 0.222. The topological polar surface area (TPSA) is 111 Å². The summed E-state index contributed by atoms with van der Waals surface area (Å²) in [6.45, 7) is 0. The van der Waals surface area contributed by atoms with Gasteiger partial charge >= 0.3 is 6.18 Å². The van der Waals surface area contributed by atoms with E-state index in [1.807, 2.05) is 4.98 Å². The first-order chi connectivity index (χ1) is 9.84. The summed E-state index contributed by atoms with van der Waals surface area (Å²) >= 11 is 0.653. The fourth-order valence-electron chi connectivity index (χ4n) is 1.42. The molecular weight excluding hydrogens is 316 g/mol. The van der Waals surface area contributed by atoms with Crippen LogP contribution in [-0.2, 0) is 11.9 Å². The van der Waals surface area contributed by atoms with E-state index < -0.39 is 33.7 Å². The van der Waals surface area contributed by atoms with Crippen molar-refractivity contribution in [1.82, 2.24) is 25.6 Å². The fourth-order valence-corrected chi connectivity index (χ4v) is 2.27. The van der Waals surface area contributed by atoms with E-state index in [1.54, 1.807) is 0 Å². The smallest absolute Gasteiger partial charge is 0.313 e. The quantitative estimate of drug-likeness (QED) is 0.649. The molecule has 0 aromatic carbocycles. The van der Waals surface area contributed by atoms with Crippen molar-refractivity contribution in [1.29, 1.82) is 5.26 Å². The van der Waals surface area contributed by atoms with Crippen LogP contribution in [-0.4, -0.2) is 25.6 Å². The molecule has 0 atom stereocenters. The van der Waals surface area contributed by atoms with E-state index in [2.05, 4.69) is 20.6 Å². The SMILES string of the molecule is N#Cc1c(SCc2nn[nH]n2)[nH]c(=O)c(F)c1C(F)(F)F. The average Bonchev–Trinajstić information content (AvgIpc) is 2.91. The number of nitrogens with one attached hydrogen (secondary N) is 2. The number of H-pyrrole nitrogens is 2. The van der Waals surface area contributed by atoms with Crippen LogP contribution in [0.3, 0.4) is 0 Å². The zero-order chi connectivity index (χ0) is 15.6. The van der Waals surface area contributed by atoms with Crippen LogP contribution in [0.4, 0.5) is 17.6 Å². The van der Waals surface area contributed by atoms with Gasteiger partial charge in [0.15, 0.2) is 5.82 Å². The maximum atomic E-state index is 13.4. The van der Waals surface area contributed by atoms with E-state index in [4.69, 9.17) is 5.26 Å². The molecule has 0 saturated heterocycles. The Labute approximate surface area is 117 Å². The summed E-state index contributed by atoms with van der Waals surface area (Å²) in [5.41, 5.74) is -4.44. The molecule has 2 aromatic heterocycles. The first-order valence-electron chi connectivity index (χ1n) is 5.12. The monoisotopic (exact) mass is 320 g/mol. The highest BCUT2D eigenvalue weighted by molar-refractivity contribution is 7.98. The van der Waals surface area contributed by atoms with Crippen molar-refractivity contribution in [2.75, 3.05) is 0 Å². The van der Waals surface area contributed by atoms with Crippen molar-refractivity contribution in [3.8, 4) is 6.07 Å². The summed E-state index contributed by atoms with van der Waals surface area (Å²) in [7, 11) is 0. The number of halogens is 4. The average molecular weight is 320 g/mol. The number of hydrogen-bond donors (Lipinski definition) is 2. The standard InChI is InChI=1S/C9H4F4N6OS/c10-6-5(9(11,12)13)3(1-14)8(15-7(6)20)21-2-4-16-18-19-17-4/h2H2,(H,15,20)(H,16,17,18,19). The van der Waals surface area contributed by atoms with Crippen molar-refractivity contribution < 1.29 is 17.6 Å². The molecule has 0 spiro atoms. The van der Waals surface area contributed by atoms with Crippen molar-refractivity contribution in [3.63, 3.8) is 0 Å². The number of aromatic amines is 2. The number of aromatic nitrogens is 5.